The van der Waals surface area contributed by atoms with Gasteiger partial charge in [-0.25, -0.2) is 32.6 Å². The van der Waals surface area contributed by atoms with Crippen LogP contribution in [0.15, 0.2) is 94.6 Å². The highest BCUT2D eigenvalue weighted by atomic mass is 32.2. The van der Waals surface area contributed by atoms with Crippen LogP contribution in [0.3, 0.4) is 0 Å². The zero-order valence-corrected chi connectivity index (χ0v) is 42.8. The summed E-state index contributed by atoms with van der Waals surface area (Å²) in [5, 5.41) is 25.6. The molecule has 8 N–H and O–H groups in total. The minimum atomic E-state index is -4.22. The first kappa shape index (κ1) is 55.1. The molecule has 7 rings (SSSR count). The number of aliphatic carboxylic acids is 1. The molecule has 0 saturated heterocycles. The number of amides is 6. The minimum Gasteiger partial charge on any atom is -0.479 e. The van der Waals surface area contributed by atoms with Gasteiger partial charge in [0.25, 0.3) is 15.6 Å². The van der Waals surface area contributed by atoms with Gasteiger partial charge in [-0.2, -0.15) is 0 Å². The van der Waals surface area contributed by atoms with Crippen molar-refractivity contribution in [3.05, 3.63) is 118 Å². The highest BCUT2D eigenvalue weighted by molar-refractivity contribution is 7.92. The molecule has 0 bridgehead atoms. The first-order chi connectivity index (χ1) is 36.2. The van der Waals surface area contributed by atoms with Crippen LogP contribution in [0, 0.1) is 5.92 Å². The number of nitrogens with zero attached hydrogens (tertiary/aromatic N) is 2. The van der Waals surface area contributed by atoms with E-state index in [2.05, 4.69) is 36.6 Å². The molecule has 0 spiro atoms. The summed E-state index contributed by atoms with van der Waals surface area (Å²) in [6, 6.07) is 18.5. The van der Waals surface area contributed by atoms with Crippen LogP contribution in [-0.4, -0.2) is 96.3 Å². The molecule has 24 heteroatoms. The zero-order valence-electron chi connectivity index (χ0n) is 41.9. The lowest BCUT2D eigenvalue weighted by Crippen LogP contribution is -2.53. The molecule has 3 aromatic carbocycles. The van der Waals surface area contributed by atoms with Crippen molar-refractivity contribution < 1.29 is 61.4 Å². The number of para-hydroxylation sites is 1. The topological polar surface area (TPSA) is 328 Å². The van der Waals surface area contributed by atoms with E-state index in [4.69, 9.17) is 14.5 Å². The van der Waals surface area contributed by atoms with E-state index in [-0.39, 0.29) is 71.8 Å². The highest BCUT2D eigenvalue weighted by Gasteiger charge is 2.51. The van der Waals surface area contributed by atoms with Crippen LogP contribution < -0.4 is 42.2 Å². The van der Waals surface area contributed by atoms with E-state index in [0.717, 1.165) is 10.9 Å². The van der Waals surface area contributed by atoms with Crippen LogP contribution in [0.4, 0.5) is 16.2 Å². The van der Waals surface area contributed by atoms with E-state index in [1.54, 1.807) is 31.4 Å². The molecular formula is C52H57N9O14S. The van der Waals surface area contributed by atoms with Gasteiger partial charge >= 0.3 is 23.9 Å². The van der Waals surface area contributed by atoms with Gasteiger partial charge < -0.3 is 51.0 Å². The second-order valence-corrected chi connectivity index (χ2v) is 20.0. The van der Waals surface area contributed by atoms with E-state index < -0.39 is 99.8 Å². The van der Waals surface area contributed by atoms with E-state index in [0.29, 0.717) is 29.9 Å². The molecule has 2 aliphatic heterocycles. The smallest absolute Gasteiger partial charge is 0.355 e. The molecule has 4 heterocycles. The van der Waals surface area contributed by atoms with Crippen LogP contribution in [0.2, 0.25) is 0 Å². The Balaban J connectivity index is 0.869. The van der Waals surface area contributed by atoms with Crippen LogP contribution in [0.25, 0.3) is 22.3 Å². The van der Waals surface area contributed by atoms with Gasteiger partial charge in [-0.3, -0.25) is 28.7 Å². The van der Waals surface area contributed by atoms with Crippen molar-refractivity contribution in [2.75, 3.05) is 29.7 Å². The standard InChI is InChI=1S/C52H57N9O14S/c1-5-20-53-51(71)56-33-14-10-16-35(23-33)76(72,73)60-34-15-9-13-31(22-34)46(48(67)68)58-41(63)19-11-18-40(62)54-25-42(64)55-26-43(65)59-44(29(3)4)49(69)75-52(6-2)37-24-39-45-32(21-30-12-7-8-17-38(30)57-45)27-61(39)47(66)36(37)28-74-50(52)70/h7-10,12-17,21-24,29,44,46,60H,5-6,11,18-20,25-28H2,1-4H3,(H,54,62)(H,55,64)(H,58,63)(H,59,65)(H,67,68)(H2,53,56,71)/t44-,46?,52-/m0/s1. The van der Waals surface area contributed by atoms with Crippen molar-refractivity contribution in [2.45, 2.75) is 95.5 Å². The number of sulfonamides is 1. The fourth-order valence-corrected chi connectivity index (χ4v) is 9.72. The molecule has 0 radical (unpaired) electrons. The molecule has 23 nitrogen and oxygen atoms in total. The Morgan fingerprint density at radius 3 is 2.26 bits per heavy atom. The normalized spacial score (nSPS) is 15.1. The van der Waals surface area contributed by atoms with Crippen molar-refractivity contribution in [3.63, 3.8) is 0 Å². The number of urea groups is 1. The maximum Gasteiger partial charge on any atom is 0.355 e. The predicted octanol–water partition coefficient (Wildman–Crippen LogP) is 3.45. The lowest BCUT2D eigenvalue weighted by Gasteiger charge is -2.37. The predicted molar refractivity (Wildman–Crippen MR) is 275 cm³/mol. The summed E-state index contributed by atoms with van der Waals surface area (Å²) in [6.07, 6.45) is -0.0153. The van der Waals surface area contributed by atoms with Crippen molar-refractivity contribution in [3.8, 4) is 11.4 Å². The number of cyclic esters (lactones) is 1. The van der Waals surface area contributed by atoms with Gasteiger partial charge in [0.1, 0.15) is 12.6 Å². The van der Waals surface area contributed by atoms with E-state index >= 15 is 0 Å². The molecule has 76 heavy (non-hydrogen) atoms. The van der Waals surface area contributed by atoms with Crippen molar-refractivity contribution >= 4 is 79.9 Å². The second kappa shape index (κ2) is 23.7. The fraction of sp³-hybridized carbons (Fsp3) is 0.346. The number of hydrogen-bond donors (Lipinski definition) is 8. The Kier molecular flexibility index (Phi) is 17.2. The van der Waals surface area contributed by atoms with Gasteiger partial charge in [-0.15, -0.1) is 0 Å². The van der Waals surface area contributed by atoms with Gasteiger partial charge in [0, 0.05) is 47.3 Å². The number of nitrogens with one attached hydrogen (secondary N) is 7. The average molecular weight is 1060 g/mol. The number of carbonyl (C=O) groups is 8. The summed E-state index contributed by atoms with van der Waals surface area (Å²) in [6.45, 7) is 5.86. The highest BCUT2D eigenvalue weighted by Crippen LogP contribution is 2.41. The van der Waals surface area contributed by atoms with Crippen LogP contribution >= 0.6 is 0 Å². The third-order valence-electron chi connectivity index (χ3n) is 12.6. The third kappa shape index (κ3) is 12.6. The monoisotopic (exact) mass is 1060 g/mol. The van der Waals surface area contributed by atoms with Crippen molar-refractivity contribution in [2.24, 2.45) is 5.92 Å². The second-order valence-electron chi connectivity index (χ2n) is 18.4. The summed E-state index contributed by atoms with van der Waals surface area (Å²) < 4.78 is 41.8. The third-order valence-corrected chi connectivity index (χ3v) is 13.9. The molecule has 6 amide bonds. The molecule has 2 aromatic heterocycles. The number of anilines is 2. The number of carbonyl (C=O) groups excluding carboxylic acids is 7. The van der Waals surface area contributed by atoms with Gasteiger partial charge in [0.2, 0.25) is 29.2 Å². The molecule has 1 unspecified atom stereocenters. The molecular weight excluding hydrogens is 1010 g/mol. The Bertz CT molecular complexity index is 3310. The Labute approximate surface area is 435 Å². The first-order valence-corrected chi connectivity index (χ1v) is 25.9. The van der Waals surface area contributed by atoms with Gasteiger partial charge in [0.15, 0.2) is 6.04 Å². The number of fused-ring (bicyclic) bond motifs is 5. The number of esters is 2. The number of carboxylic acid groups (broad SMARTS) is 1. The maximum absolute atomic E-state index is 14.0. The van der Waals surface area contributed by atoms with Gasteiger partial charge in [0.05, 0.1) is 47.0 Å². The summed E-state index contributed by atoms with van der Waals surface area (Å²) in [5.74, 6) is -6.88. The number of hydrogen-bond acceptors (Lipinski definition) is 14. The van der Waals surface area contributed by atoms with Crippen molar-refractivity contribution in [1.29, 1.82) is 0 Å². The van der Waals surface area contributed by atoms with Gasteiger partial charge in [-0.1, -0.05) is 64.1 Å². The minimum absolute atomic E-state index is 0.0120. The molecule has 5 aromatic rings. The maximum atomic E-state index is 14.0. The van der Waals surface area contributed by atoms with E-state index in [9.17, 15) is 56.7 Å². The quantitative estimate of drug-likeness (QED) is 0.0452. The summed E-state index contributed by atoms with van der Waals surface area (Å²) >= 11 is 0. The van der Waals surface area contributed by atoms with Crippen LogP contribution in [-0.2, 0) is 71.8 Å². The molecule has 2 aliphatic rings. The lowest BCUT2D eigenvalue weighted by molar-refractivity contribution is -0.191. The lowest BCUT2D eigenvalue weighted by atomic mass is 9.85. The number of benzene rings is 3. The Morgan fingerprint density at radius 1 is 0.816 bits per heavy atom. The Morgan fingerprint density at radius 2 is 1.53 bits per heavy atom. The Hall–Kier alpha value is -8.67. The number of carboxylic acids is 1. The van der Waals surface area contributed by atoms with E-state index in [1.807, 2.05) is 37.3 Å². The summed E-state index contributed by atoms with van der Waals surface area (Å²) in [4.78, 5) is 122. The average Bonchev–Trinajstić information content (AvgIpc) is 3.75. The first-order valence-electron chi connectivity index (χ1n) is 24.4. The molecule has 0 fully saturated rings. The number of rotatable bonds is 22. The SMILES string of the molecule is CCCNC(=O)Nc1cccc(S(=O)(=O)Nc2cccc(C(NC(=O)CCCC(=O)NCC(=O)NCC(=O)N[C@H](C(=O)O[C@]3(CC)C(=O)OCc4c3cc3n(c4=O)Cc4cc5ccccc5nc4-3)C(C)C)C(=O)O)c2)c1. The zero-order chi connectivity index (χ0) is 54.9. The van der Waals surface area contributed by atoms with Crippen LogP contribution in [0.5, 0.6) is 0 Å². The molecule has 3 atom stereocenters. The summed E-state index contributed by atoms with van der Waals surface area (Å²) in [7, 11) is -4.22. The number of pyridine rings is 2. The number of ether oxygens (including phenoxy) is 2. The fourth-order valence-electron chi connectivity index (χ4n) is 8.63. The van der Waals surface area contributed by atoms with Crippen molar-refractivity contribution in [1.82, 2.24) is 36.1 Å². The molecule has 0 saturated carbocycles. The number of aromatic nitrogens is 2. The van der Waals surface area contributed by atoms with Crippen LogP contribution in [0.1, 0.15) is 88.1 Å². The largest absolute Gasteiger partial charge is 0.479 e. The van der Waals surface area contributed by atoms with Gasteiger partial charge in [-0.05, 0) is 79.3 Å². The molecule has 400 valence electrons. The van der Waals surface area contributed by atoms with E-state index in [1.165, 1.54) is 48.5 Å². The summed E-state index contributed by atoms with van der Waals surface area (Å²) in [5.41, 5.74) is 0.570. The molecule has 0 aliphatic carbocycles.